The summed E-state index contributed by atoms with van der Waals surface area (Å²) in [6.07, 6.45) is 0. The van der Waals surface area contributed by atoms with Crippen LogP contribution in [-0.2, 0) is 16.6 Å². The maximum absolute atomic E-state index is 13.2. The molecule has 1 fully saturated rings. The summed E-state index contributed by atoms with van der Waals surface area (Å²) >= 11 is 1.57. The molecule has 0 radical (unpaired) electrons. The summed E-state index contributed by atoms with van der Waals surface area (Å²) in [6.45, 7) is 0.851. The average Bonchev–Trinajstić information content (AvgIpc) is 3.25. The number of benzene rings is 3. The zero-order valence-corrected chi connectivity index (χ0v) is 17.2. The van der Waals surface area contributed by atoms with E-state index in [0.717, 1.165) is 11.1 Å². The molecule has 3 aromatic carbocycles. The Balaban J connectivity index is 1.55. The number of rotatable bonds is 6. The second kappa shape index (κ2) is 8.57. The Morgan fingerprint density at radius 2 is 1.76 bits per heavy atom. The number of nitrogens with zero attached hydrogens (tertiary/aromatic N) is 1. The minimum absolute atomic E-state index is 0.0999. The fourth-order valence-electron chi connectivity index (χ4n) is 3.20. The quantitative estimate of drug-likeness (QED) is 0.563. The Bertz CT molecular complexity index is 1070. The van der Waals surface area contributed by atoms with E-state index >= 15 is 0 Å². The zero-order valence-electron chi connectivity index (χ0n) is 15.6. The van der Waals surface area contributed by atoms with Crippen LogP contribution in [0.15, 0.2) is 83.8 Å². The third-order valence-corrected chi connectivity index (χ3v) is 7.93. The predicted molar refractivity (Wildman–Crippen MR) is 113 cm³/mol. The topological polar surface area (TPSA) is 46.6 Å². The van der Waals surface area contributed by atoms with Gasteiger partial charge in [-0.15, -0.1) is 11.8 Å². The molecule has 1 saturated heterocycles. The van der Waals surface area contributed by atoms with Crippen LogP contribution in [-0.4, -0.2) is 25.0 Å². The molecule has 1 aliphatic rings. The van der Waals surface area contributed by atoms with Crippen molar-refractivity contribution >= 4 is 21.8 Å². The molecule has 1 unspecified atom stereocenters. The van der Waals surface area contributed by atoms with Crippen molar-refractivity contribution in [1.29, 1.82) is 0 Å². The molecule has 0 aliphatic carbocycles. The lowest BCUT2D eigenvalue weighted by molar-refractivity contribution is 0.305. The van der Waals surface area contributed by atoms with Gasteiger partial charge in [0.1, 0.15) is 18.2 Å². The molecule has 0 saturated carbocycles. The Morgan fingerprint density at radius 1 is 1.00 bits per heavy atom. The summed E-state index contributed by atoms with van der Waals surface area (Å²) in [5.41, 5.74) is 1.93. The van der Waals surface area contributed by atoms with Crippen LogP contribution < -0.4 is 4.74 Å². The number of sulfonamides is 1. The highest BCUT2D eigenvalue weighted by Gasteiger charge is 2.37. The van der Waals surface area contributed by atoms with Gasteiger partial charge in [0.05, 0.1) is 10.3 Å². The van der Waals surface area contributed by atoms with E-state index < -0.39 is 15.8 Å². The number of thioether (sulfide) groups is 1. The van der Waals surface area contributed by atoms with E-state index in [4.69, 9.17) is 4.74 Å². The minimum Gasteiger partial charge on any atom is -0.489 e. The molecule has 1 heterocycles. The lowest BCUT2D eigenvalue weighted by atomic mass is 10.2. The van der Waals surface area contributed by atoms with Gasteiger partial charge in [-0.25, -0.2) is 12.8 Å². The molecule has 1 atom stereocenters. The molecule has 1 aliphatic heterocycles. The average molecular weight is 430 g/mol. The molecular formula is C22H20FNO3S2. The largest absolute Gasteiger partial charge is 0.489 e. The van der Waals surface area contributed by atoms with Gasteiger partial charge >= 0.3 is 0 Å². The lowest BCUT2D eigenvalue weighted by Gasteiger charge is -2.24. The smallest absolute Gasteiger partial charge is 0.244 e. The Morgan fingerprint density at radius 3 is 2.52 bits per heavy atom. The highest BCUT2D eigenvalue weighted by Crippen LogP contribution is 2.42. The van der Waals surface area contributed by atoms with E-state index in [-0.39, 0.29) is 10.3 Å². The Labute approximate surface area is 174 Å². The summed E-state index contributed by atoms with van der Waals surface area (Å²) in [5.74, 6) is 0.928. The number of halogens is 1. The van der Waals surface area contributed by atoms with Crippen LogP contribution in [0.2, 0.25) is 0 Å². The summed E-state index contributed by atoms with van der Waals surface area (Å²) in [5, 5.41) is -0.342. The number of hydrogen-bond acceptors (Lipinski definition) is 4. The van der Waals surface area contributed by atoms with Crippen molar-refractivity contribution < 1.29 is 17.5 Å². The molecule has 4 nitrogen and oxygen atoms in total. The Kier molecular flexibility index (Phi) is 5.89. The summed E-state index contributed by atoms with van der Waals surface area (Å²) in [4.78, 5) is 0.0999. The van der Waals surface area contributed by atoms with Crippen molar-refractivity contribution in [1.82, 2.24) is 4.31 Å². The minimum atomic E-state index is -3.72. The summed E-state index contributed by atoms with van der Waals surface area (Å²) in [6, 6.07) is 22.4. The van der Waals surface area contributed by atoms with Crippen LogP contribution in [0.3, 0.4) is 0 Å². The third-order valence-electron chi connectivity index (χ3n) is 4.66. The van der Waals surface area contributed by atoms with E-state index in [1.54, 1.807) is 11.8 Å². The van der Waals surface area contributed by atoms with Crippen molar-refractivity contribution in [3.05, 3.63) is 95.8 Å². The van der Waals surface area contributed by atoms with Gasteiger partial charge < -0.3 is 4.74 Å². The first-order chi connectivity index (χ1) is 14.0. The normalized spacial score (nSPS) is 17.3. The first-order valence-electron chi connectivity index (χ1n) is 9.20. The second-order valence-electron chi connectivity index (χ2n) is 6.64. The van der Waals surface area contributed by atoms with Crippen LogP contribution >= 0.6 is 11.8 Å². The highest BCUT2D eigenvalue weighted by atomic mass is 32.2. The third kappa shape index (κ3) is 4.47. The fraction of sp³-hybridized carbons (Fsp3) is 0.182. The number of hydrogen-bond donors (Lipinski definition) is 0. The Hall–Kier alpha value is -2.35. The lowest BCUT2D eigenvalue weighted by Crippen LogP contribution is -2.30. The molecule has 0 N–H and O–H groups in total. The fourth-order valence-corrected chi connectivity index (χ4v) is 6.43. The van der Waals surface area contributed by atoms with Gasteiger partial charge in [0.15, 0.2) is 0 Å². The highest BCUT2D eigenvalue weighted by molar-refractivity contribution is 8.01. The van der Waals surface area contributed by atoms with Gasteiger partial charge in [-0.1, -0.05) is 42.5 Å². The molecule has 0 aromatic heterocycles. The van der Waals surface area contributed by atoms with Crippen LogP contribution in [0.4, 0.5) is 4.39 Å². The van der Waals surface area contributed by atoms with Crippen LogP contribution in [0.5, 0.6) is 5.75 Å². The zero-order chi connectivity index (χ0) is 20.3. The molecule has 3 aromatic rings. The first-order valence-corrected chi connectivity index (χ1v) is 11.7. The van der Waals surface area contributed by atoms with E-state index in [0.29, 0.717) is 24.7 Å². The van der Waals surface area contributed by atoms with Gasteiger partial charge in [-0.2, -0.15) is 4.31 Å². The summed E-state index contributed by atoms with van der Waals surface area (Å²) in [7, 11) is -3.72. The standard InChI is InChI=1S/C22H20FNO3S2/c23-19-9-11-21(12-10-19)29(25,26)24-13-14-28-22(24)18-7-4-8-20(15-18)27-16-17-5-2-1-3-6-17/h1-12,15,22H,13-14,16H2. The van der Waals surface area contributed by atoms with Crippen molar-refractivity contribution in [2.75, 3.05) is 12.3 Å². The van der Waals surface area contributed by atoms with E-state index in [9.17, 15) is 12.8 Å². The van der Waals surface area contributed by atoms with Crippen LogP contribution in [0, 0.1) is 5.82 Å². The van der Waals surface area contributed by atoms with Crippen molar-refractivity contribution in [3.63, 3.8) is 0 Å². The van der Waals surface area contributed by atoms with Crippen molar-refractivity contribution in [2.24, 2.45) is 0 Å². The molecule has 29 heavy (non-hydrogen) atoms. The predicted octanol–water partition coefficient (Wildman–Crippen LogP) is 4.84. The maximum atomic E-state index is 13.2. The molecule has 0 bridgehead atoms. The van der Waals surface area contributed by atoms with Crippen LogP contribution in [0.25, 0.3) is 0 Å². The van der Waals surface area contributed by atoms with E-state index in [1.807, 2.05) is 54.6 Å². The van der Waals surface area contributed by atoms with Gasteiger partial charge in [0.2, 0.25) is 10.0 Å². The van der Waals surface area contributed by atoms with Crippen molar-refractivity contribution in [3.8, 4) is 5.75 Å². The summed E-state index contributed by atoms with van der Waals surface area (Å²) < 4.78 is 46.7. The SMILES string of the molecule is O=S(=O)(c1ccc(F)cc1)N1CCSC1c1cccc(OCc2ccccc2)c1. The molecule has 4 rings (SSSR count). The molecular weight excluding hydrogens is 409 g/mol. The van der Waals surface area contributed by atoms with Gasteiger partial charge in [0.25, 0.3) is 0 Å². The molecule has 150 valence electrons. The monoisotopic (exact) mass is 429 g/mol. The van der Waals surface area contributed by atoms with Gasteiger partial charge in [-0.3, -0.25) is 0 Å². The second-order valence-corrected chi connectivity index (χ2v) is 9.72. The van der Waals surface area contributed by atoms with Crippen LogP contribution in [0.1, 0.15) is 16.5 Å². The van der Waals surface area contributed by atoms with E-state index in [1.165, 1.54) is 28.6 Å². The molecule has 0 amide bonds. The van der Waals surface area contributed by atoms with E-state index in [2.05, 4.69) is 0 Å². The maximum Gasteiger partial charge on any atom is 0.244 e. The number of ether oxygens (including phenoxy) is 1. The molecule has 7 heteroatoms. The first kappa shape index (κ1) is 19.9. The van der Waals surface area contributed by atoms with Gasteiger partial charge in [0, 0.05) is 12.3 Å². The van der Waals surface area contributed by atoms with Crippen molar-refractivity contribution in [2.45, 2.75) is 16.9 Å². The molecule has 0 spiro atoms. The van der Waals surface area contributed by atoms with Gasteiger partial charge in [-0.05, 0) is 47.5 Å².